The fraction of sp³-hybridized carbons (Fsp3) is 0.964. The van der Waals surface area contributed by atoms with Crippen LogP contribution in [0.1, 0.15) is 65.2 Å². The molecule has 4 fully saturated rings. The van der Waals surface area contributed by atoms with E-state index >= 15 is 0 Å². The van der Waals surface area contributed by atoms with Crippen LogP contribution in [0.15, 0.2) is 5.16 Å². The Labute approximate surface area is 219 Å². The van der Waals surface area contributed by atoms with Crippen LogP contribution in [0.3, 0.4) is 0 Å². The average molecular weight is 538 g/mol. The standard InChI is InChI=1S/C28H55NO3Si3/c1-27-17-16-21(30-33(3,4)5)18-20(27)12-13-22-23-14-15-25(29-32-35(9,10)11)28(23,2)19-24(26(22)27)31-34(6,7)8/h20-24,26H,12-19H2,1-11H3/b29-25+/t20-,21+,22?,23?,24-,26?,27-,28-/m0/s1. The van der Waals surface area contributed by atoms with E-state index in [-0.39, 0.29) is 5.41 Å². The normalized spacial score (nSPS) is 43.5. The minimum absolute atomic E-state index is 0.131. The van der Waals surface area contributed by atoms with Crippen LogP contribution >= 0.6 is 0 Å². The van der Waals surface area contributed by atoms with E-state index in [2.05, 4.69) is 72.8 Å². The van der Waals surface area contributed by atoms with Gasteiger partial charge in [-0.15, -0.1) is 5.16 Å². The zero-order valence-corrected chi connectivity index (χ0v) is 27.8. The van der Waals surface area contributed by atoms with Crippen molar-refractivity contribution in [2.75, 3.05) is 0 Å². The van der Waals surface area contributed by atoms with E-state index < -0.39 is 25.0 Å². The summed E-state index contributed by atoms with van der Waals surface area (Å²) in [6.07, 6.45) is 10.9. The summed E-state index contributed by atoms with van der Waals surface area (Å²) in [6.45, 7) is 26.1. The molecular formula is C28H55NO3Si3. The Morgan fingerprint density at radius 3 is 2.06 bits per heavy atom. The zero-order chi connectivity index (χ0) is 26.0. The third kappa shape index (κ3) is 5.89. The predicted octanol–water partition coefficient (Wildman–Crippen LogP) is 8.29. The number of hydrogen-bond acceptors (Lipinski definition) is 4. The Hall–Kier alpha value is 0.0406. The molecule has 0 spiro atoms. The Bertz CT molecular complexity index is 814. The summed E-state index contributed by atoms with van der Waals surface area (Å²) in [4.78, 5) is 0. The summed E-state index contributed by atoms with van der Waals surface area (Å²) in [6, 6.07) is 0. The molecule has 35 heavy (non-hydrogen) atoms. The van der Waals surface area contributed by atoms with Crippen molar-refractivity contribution >= 4 is 30.7 Å². The van der Waals surface area contributed by atoms with Gasteiger partial charge >= 0.3 is 0 Å². The van der Waals surface area contributed by atoms with E-state index in [0.29, 0.717) is 23.5 Å². The van der Waals surface area contributed by atoms with E-state index in [0.717, 1.165) is 30.6 Å². The van der Waals surface area contributed by atoms with Crippen LogP contribution in [0.2, 0.25) is 58.9 Å². The van der Waals surface area contributed by atoms with Crippen LogP contribution < -0.4 is 0 Å². The monoisotopic (exact) mass is 537 g/mol. The third-order valence-electron chi connectivity index (χ3n) is 9.72. The Morgan fingerprint density at radius 2 is 1.46 bits per heavy atom. The van der Waals surface area contributed by atoms with Gasteiger partial charge in [-0.05, 0) is 139 Å². The maximum atomic E-state index is 7.16. The van der Waals surface area contributed by atoms with Crippen LogP contribution in [-0.2, 0) is 13.4 Å². The lowest BCUT2D eigenvalue weighted by molar-refractivity contribution is -0.157. The SMILES string of the molecule is C[C@]12C[C@H](O[Si](C)(C)C)C3C(CC[C@H]4C[C@H](O[Si](C)(C)C)CC[C@]34C)C1CC/C2=N\O[Si](C)(C)C. The Balaban J connectivity index is 1.64. The number of fused-ring (bicyclic) bond motifs is 5. The molecule has 0 saturated heterocycles. The van der Waals surface area contributed by atoms with E-state index in [9.17, 15) is 0 Å². The predicted molar refractivity (Wildman–Crippen MR) is 155 cm³/mol. The van der Waals surface area contributed by atoms with Gasteiger partial charge in [0.1, 0.15) is 0 Å². The topological polar surface area (TPSA) is 40.0 Å². The lowest BCUT2D eigenvalue weighted by atomic mass is 9.44. The highest BCUT2D eigenvalue weighted by atomic mass is 28.4. The maximum absolute atomic E-state index is 7.16. The summed E-state index contributed by atoms with van der Waals surface area (Å²) < 4.78 is 20.0. The molecule has 4 aliphatic rings. The van der Waals surface area contributed by atoms with Gasteiger partial charge in [-0.25, -0.2) is 0 Å². The molecule has 0 amide bonds. The first-order valence-corrected chi connectivity index (χ1v) is 24.7. The van der Waals surface area contributed by atoms with Crippen LogP contribution in [0.4, 0.5) is 0 Å². The van der Waals surface area contributed by atoms with Crippen LogP contribution in [0.25, 0.3) is 0 Å². The van der Waals surface area contributed by atoms with Crippen molar-refractivity contribution in [3.8, 4) is 0 Å². The molecule has 202 valence electrons. The van der Waals surface area contributed by atoms with Crippen molar-refractivity contribution in [1.82, 2.24) is 0 Å². The molecule has 0 heterocycles. The van der Waals surface area contributed by atoms with Crippen molar-refractivity contribution < 1.29 is 13.4 Å². The lowest BCUT2D eigenvalue weighted by Gasteiger charge is -2.63. The summed E-state index contributed by atoms with van der Waals surface area (Å²) in [5.74, 6) is 2.94. The van der Waals surface area contributed by atoms with Crippen LogP contribution in [0, 0.1) is 34.5 Å². The van der Waals surface area contributed by atoms with Gasteiger partial charge in [0.2, 0.25) is 0 Å². The quantitative estimate of drug-likeness (QED) is 0.253. The van der Waals surface area contributed by atoms with Gasteiger partial charge < -0.3 is 13.4 Å². The van der Waals surface area contributed by atoms with E-state index in [1.54, 1.807) is 0 Å². The van der Waals surface area contributed by atoms with Crippen molar-refractivity contribution in [2.45, 2.75) is 136 Å². The van der Waals surface area contributed by atoms with Crippen molar-refractivity contribution in [2.24, 2.45) is 39.7 Å². The van der Waals surface area contributed by atoms with Crippen LogP contribution in [-0.4, -0.2) is 42.9 Å². The molecule has 4 nitrogen and oxygen atoms in total. The molecule has 0 aliphatic heterocycles. The smallest absolute Gasteiger partial charge is 0.278 e. The fourth-order valence-electron chi connectivity index (χ4n) is 8.61. The van der Waals surface area contributed by atoms with Crippen molar-refractivity contribution in [1.29, 1.82) is 0 Å². The highest BCUT2D eigenvalue weighted by molar-refractivity contribution is 6.70. The number of oxime groups is 1. The molecule has 3 unspecified atom stereocenters. The van der Waals surface area contributed by atoms with Gasteiger partial charge in [0.05, 0.1) is 5.71 Å². The minimum Gasteiger partial charge on any atom is -0.456 e. The van der Waals surface area contributed by atoms with Crippen LogP contribution in [0.5, 0.6) is 0 Å². The first-order valence-electron chi connectivity index (χ1n) is 14.5. The fourth-order valence-corrected chi connectivity index (χ4v) is 11.3. The van der Waals surface area contributed by atoms with Gasteiger partial charge in [0.25, 0.3) is 8.32 Å². The number of nitrogens with zero attached hydrogens (tertiary/aromatic N) is 1. The second-order valence-corrected chi connectivity index (χ2v) is 29.2. The van der Waals surface area contributed by atoms with E-state index in [1.165, 1.54) is 44.2 Å². The largest absolute Gasteiger partial charge is 0.456 e. The molecule has 8 atom stereocenters. The number of hydrogen-bond donors (Lipinski definition) is 0. The van der Waals surface area contributed by atoms with E-state index in [4.69, 9.17) is 18.5 Å². The maximum Gasteiger partial charge on any atom is 0.278 e. The molecule has 0 radical (unpaired) electrons. The average Bonchev–Trinajstić information content (AvgIpc) is 2.99. The second-order valence-electron chi connectivity index (χ2n) is 15.9. The van der Waals surface area contributed by atoms with E-state index in [1.807, 2.05) is 0 Å². The second kappa shape index (κ2) is 9.35. The summed E-state index contributed by atoms with van der Waals surface area (Å²) in [5, 5.41) is 4.88. The van der Waals surface area contributed by atoms with Gasteiger partial charge in [0.15, 0.2) is 16.6 Å². The van der Waals surface area contributed by atoms with Gasteiger partial charge in [-0.2, -0.15) is 0 Å². The van der Waals surface area contributed by atoms with Gasteiger partial charge in [-0.1, -0.05) is 13.8 Å². The lowest BCUT2D eigenvalue weighted by Crippen LogP contribution is -2.61. The molecule has 4 saturated carbocycles. The van der Waals surface area contributed by atoms with Crippen molar-refractivity contribution in [3.05, 3.63) is 0 Å². The summed E-state index contributed by atoms with van der Waals surface area (Å²) in [7, 11) is -4.87. The van der Waals surface area contributed by atoms with Gasteiger partial charge in [0, 0.05) is 17.6 Å². The highest BCUT2D eigenvalue weighted by Crippen LogP contribution is 2.66. The first-order chi connectivity index (χ1) is 15.9. The summed E-state index contributed by atoms with van der Waals surface area (Å²) in [5.41, 5.74) is 1.85. The van der Waals surface area contributed by atoms with Gasteiger partial charge in [-0.3, -0.25) is 0 Å². The Morgan fingerprint density at radius 1 is 0.800 bits per heavy atom. The molecule has 0 aromatic heterocycles. The first kappa shape index (κ1) is 28.1. The Kier molecular flexibility index (Phi) is 7.50. The minimum atomic E-state index is -1.69. The third-order valence-corrected chi connectivity index (χ3v) is 12.4. The molecule has 7 heteroatoms. The highest BCUT2D eigenvalue weighted by Gasteiger charge is 2.63. The van der Waals surface area contributed by atoms with Crippen molar-refractivity contribution in [3.63, 3.8) is 0 Å². The number of rotatable bonds is 6. The molecule has 0 N–H and O–H groups in total. The molecule has 0 aromatic carbocycles. The molecule has 0 aromatic rings. The molecule has 0 bridgehead atoms. The molecular weight excluding hydrogens is 483 g/mol. The zero-order valence-electron chi connectivity index (χ0n) is 24.8. The molecule has 4 aliphatic carbocycles. The summed E-state index contributed by atoms with van der Waals surface area (Å²) >= 11 is 0. The molecule has 4 rings (SSSR count).